The van der Waals surface area contributed by atoms with Gasteiger partial charge in [0.05, 0.1) is 27.8 Å². The maximum atomic E-state index is 4.94. The molecule has 1 aliphatic heterocycles. The number of hydrogen-bond donors (Lipinski definition) is 0. The van der Waals surface area contributed by atoms with Crippen LogP contribution in [0.15, 0.2) is 24.3 Å². The fourth-order valence-electron chi connectivity index (χ4n) is 3.83. The quantitative estimate of drug-likeness (QED) is 0.720. The van der Waals surface area contributed by atoms with Gasteiger partial charge in [0, 0.05) is 30.4 Å². The van der Waals surface area contributed by atoms with Crippen molar-refractivity contribution in [3.05, 3.63) is 45.7 Å². The summed E-state index contributed by atoms with van der Waals surface area (Å²) >= 11 is 1.84. The first-order valence-corrected chi connectivity index (χ1v) is 9.63. The number of aromatic nitrogens is 3. The molecule has 0 spiro atoms. The molecule has 5 heteroatoms. The third-order valence-corrected chi connectivity index (χ3v) is 6.29. The van der Waals surface area contributed by atoms with Gasteiger partial charge in [-0.2, -0.15) is 0 Å². The third-order valence-electron chi connectivity index (χ3n) is 5.24. The molecule has 5 rings (SSSR count). The molecule has 1 aromatic carbocycles. The Kier molecular flexibility index (Phi) is 3.28. The highest BCUT2D eigenvalue weighted by atomic mass is 32.1. The van der Waals surface area contributed by atoms with Gasteiger partial charge >= 0.3 is 0 Å². The first kappa shape index (κ1) is 14.6. The molecule has 1 saturated heterocycles. The second kappa shape index (κ2) is 5.39. The molecule has 4 nitrogen and oxygen atoms in total. The Morgan fingerprint density at radius 2 is 1.92 bits per heavy atom. The van der Waals surface area contributed by atoms with Crippen molar-refractivity contribution >= 4 is 22.4 Å². The van der Waals surface area contributed by atoms with Crippen LogP contribution in [-0.2, 0) is 6.54 Å². The molecule has 1 saturated carbocycles. The lowest BCUT2D eigenvalue weighted by Gasteiger charge is -2.40. The summed E-state index contributed by atoms with van der Waals surface area (Å²) in [4.78, 5) is 13.5. The first-order chi connectivity index (χ1) is 11.7. The molecule has 3 aromatic rings. The molecule has 0 radical (unpaired) electrons. The zero-order valence-corrected chi connectivity index (χ0v) is 15.0. The molecule has 0 amide bonds. The molecule has 3 heterocycles. The van der Waals surface area contributed by atoms with Crippen molar-refractivity contribution in [1.82, 2.24) is 19.4 Å². The highest BCUT2D eigenvalue weighted by molar-refractivity contribution is 7.11. The van der Waals surface area contributed by atoms with E-state index in [0.29, 0.717) is 12.0 Å². The minimum absolute atomic E-state index is 0.572. The summed E-state index contributed by atoms with van der Waals surface area (Å²) in [5, 5.41) is 1.18. The maximum absolute atomic E-state index is 4.94. The highest BCUT2D eigenvalue weighted by Crippen LogP contribution is 2.43. The number of imidazole rings is 1. The molecule has 0 bridgehead atoms. The SMILES string of the molecule is Cc1nc(C)c(CN2CC(n3c(C4CC4)nc4ccccc43)C2)s1. The van der Waals surface area contributed by atoms with Crippen molar-refractivity contribution in [3.63, 3.8) is 0 Å². The molecule has 0 atom stereocenters. The predicted octanol–water partition coefficient (Wildman–Crippen LogP) is 4.04. The lowest BCUT2D eigenvalue weighted by Crippen LogP contribution is -2.47. The number of aryl methyl sites for hydroxylation is 2. The summed E-state index contributed by atoms with van der Waals surface area (Å²) in [7, 11) is 0. The van der Waals surface area contributed by atoms with Crippen LogP contribution in [0.3, 0.4) is 0 Å². The van der Waals surface area contributed by atoms with Crippen LogP contribution in [-0.4, -0.2) is 32.5 Å². The van der Waals surface area contributed by atoms with Gasteiger partial charge in [-0.3, -0.25) is 4.90 Å². The zero-order valence-electron chi connectivity index (χ0n) is 14.2. The smallest absolute Gasteiger partial charge is 0.113 e. The maximum Gasteiger partial charge on any atom is 0.113 e. The Morgan fingerprint density at radius 3 is 2.62 bits per heavy atom. The van der Waals surface area contributed by atoms with E-state index in [-0.39, 0.29) is 0 Å². The number of thiazole rings is 1. The van der Waals surface area contributed by atoms with Crippen LogP contribution in [0.1, 0.15) is 46.2 Å². The summed E-state index contributed by atoms with van der Waals surface area (Å²) < 4.78 is 2.54. The van der Waals surface area contributed by atoms with Crippen LogP contribution in [0.5, 0.6) is 0 Å². The van der Waals surface area contributed by atoms with Gasteiger partial charge in [-0.1, -0.05) is 12.1 Å². The Bertz CT molecular complexity index is 899. The predicted molar refractivity (Wildman–Crippen MR) is 97.6 cm³/mol. The van der Waals surface area contributed by atoms with E-state index in [9.17, 15) is 0 Å². The van der Waals surface area contributed by atoms with E-state index in [2.05, 4.69) is 52.6 Å². The first-order valence-electron chi connectivity index (χ1n) is 8.81. The number of likely N-dealkylation sites (tertiary alicyclic amines) is 1. The Labute approximate surface area is 146 Å². The van der Waals surface area contributed by atoms with Gasteiger partial charge in [0.1, 0.15) is 5.82 Å². The molecule has 2 fully saturated rings. The van der Waals surface area contributed by atoms with Crippen molar-refractivity contribution in [2.75, 3.05) is 13.1 Å². The molecule has 1 aliphatic carbocycles. The molecule has 0 unspecified atom stereocenters. The van der Waals surface area contributed by atoms with Crippen LogP contribution in [0, 0.1) is 13.8 Å². The van der Waals surface area contributed by atoms with Crippen molar-refractivity contribution in [2.24, 2.45) is 0 Å². The fourth-order valence-corrected chi connectivity index (χ4v) is 4.81. The number of fused-ring (bicyclic) bond motifs is 1. The summed E-state index contributed by atoms with van der Waals surface area (Å²) in [5.41, 5.74) is 3.67. The van der Waals surface area contributed by atoms with Crippen LogP contribution >= 0.6 is 11.3 Å². The van der Waals surface area contributed by atoms with E-state index in [4.69, 9.17) is 4.98 Å². The van der Waals surface area contributed by atoms with Gasteiger partial charge in [0.25, 0.3) is 0 Å². The third kappa shape index (κ3) is 2.38. The van der Waals surface area contributed by atoms with Gasteiger partial charge in [-0.05, 0) is 38.8 Å². The van der Waals surface area contributed by atoms with E-state index < -0.39 is 0 Å². The van der Waals surface area contributed by atoms with Gasteiger partial charge in [-0.25, -0.2) is 9.97 Å². The monoisotopic (exact) mass is 338 g/mol. The van der Waals surface area contributed by atoms with Crippen molar-refractivity contribution in [1.29, 1.82) is 0 Å². The summed E-state index contributed by atoms with van der Waals surface area (Å²) in [6.45, 7) is 7.51. The second-order valence-electron chi connectivity index (χ2n) is 7.19. The van der Waals surface area contributed by atoms with Crippen LogP contribution < -0.4 is 0 Å². The molecule has 0 N–H and O–H groups in total. The lowest BCUT2D eigenvalue weighted by atomic mass is 10.1. The molecular formula is C19H22N4S. The van der Waals surface area contributed by atoms with E-state index in [1.165, 1.54) is 39.8 Å². The van der Waals surface area contributed by atoms with Crippen molar-refractivity contribution in [2.45, 2.75) is 45.2 Å². The second-order valence-corrected chi connectivity index (χ2v) is 8.48. The lowest BCUT2D eigenvalue weighted by molar-refractivity contribution is 0.100. The van der Waals surface area contributed by atoms with Crippen molar-refractivity contribution < 1.29 is 0 Å². The minimum atomic E-state index is 0.572. The van der Waals surface area contributed by atoms with Gasteiger partial charge < -0.3 is 4.57 Å². The van der Waals surface area contributed by atoms with Gasteiger partial charge in [0.15, 0.2) is 0 Å². The number of rotatable bonds is 4. The van der Waals surface area contributed by atoms with E-state index in [1.54, 1.807) is 0 Å². The topological polar surface area (TPSA) is 34.0 Å². The van der Waals surface area contributed by atoms with E-state index >= 15 is 0 Å². The zero-order chi connectivity index (χ0) is 16.3. The number of para-hydroxylation sites is 2. The number of nitrogens with zero attached hydrogens (tertiary/aromatic N) is 4. The molecule has 124 valence electrons. The Balaban J connectivity index is 1.38. The minimum Gasteiger partial charge on any atom is -0.322 e. The summed E-state index contributed by atoms with van der Waals surface area (Å²) in [6.07, 6.45) is 2.61. The van der Waals surface area contributed by atoms with Crippen LogP contribution in [0.25, 0.3) is 11.0 Å². The highest BCUT2D eigenvalue weighted by Gasteiger charge is 2.36. The van der Waals surface area contributed by atoms with Crippen molar-refractivity contribution in [3.8, 4) is 0 Å². The average molecular weight is 338 g/mol. The van der Waals surface area contributed by atoms with Gasteiger partial charge in [0.2, 0.25) is 0 Å². The fraction of sp³-hybridized carbons (Fsp3) is 0.474. The molecule has 2 aromatic heterocycles. The number of hydrogen-bond acceptors (Lipinski definition) is 4. The summed E-state index contributed by atoms with van der Waals surface area (Å²) in [6, 6.07) is 9.18. The van der Waals surface area contributed by atoms with Crippen LogP contribution in [0.4, 0.5) is 0 Å². The molecular weight excluding hydrogens is 316 g/mol. The van der Waals surface area contributed by atoms with E-state index in [0.717, 1.165) is 25.2 Å². The summed E-state index contributed by atoms with van der Waals surface area (Å²) in [5.74, 6) is 2.02. The average Bonchev–Trinajstić information content (AvgIpc) is 3.23. The Morgan fingerprint density at radius 1 is 1.12 bits per heavy atom. The number of benzene rings is 1. The normalized spacial score (nSPS) is 19.1. The molecule has 2 aliphatic rings. The van der Waals surface area contributed by atoms with Crippen LogP contribution in [0.2, 0.25) is 0 Å². The standard InChI is InChI=1S/C19H22N4S/c1-12-18(24-13(2)20-12)11-22-9-15(10-22)23-17-6-4-3-5-16(17)21-19(23)14-7-8-14/h3-6,14-15H,7-11H2,1-2H3. The molecule has 24 heavy (non-hydrogen) atoms. The van der Waals surface area contributed by atoms with Gasteiger partial charge in [-0.15, -0.1) is 11.3 Å². The van der Waals surface area contributed by atoms with E-state index in [1.807, 2.05) is 11.3 Å². The largest absolute Gasteiger partial charge is 0.322 e. The Hall–Kier alpha value is -1.72.